The number of carbonyl (C=O) groups is 2. The number of carbonyl (C=O) groups excluding carboxylic acids is 2. The van der Waals surface area contributed by atoms with Gasteiger partial charge in [0.2, 0.25) is 0 Å². The topological polar surface area (TPSA) is 70.7 Å². The van der Waals surface area contributed by atoms with Crippen molar-refractivity contribution >= 4 is 22.7 Å². The van der Waals surface area contributed by atoms with Crippen molar-refractivity contribution in [3.63, 3.8) is 0 Å². The van der Waals surface area contributed by atoms with Gasteiger partial charge in [-0.15, -0.1) is 0 Å². The van der Waals surface area contributed by atoms with E-state index in [0.29, 0.717) is 43.5 Å². The van der Waals surface area contributed by atoms with Gasteiger partial charge in [0.1, 0.15) is 5.75 Å². The molecule has 2 aromatic carbocycles. The first-order valence-electron chi connectivity index (χ1n) is 10.8. The SMILES string of the molecule is CCOc1ccc2ccccc2c1C(=O)NCC1CCN(C(=O)NC(C)(C)C)CC1. The van der Waals surface area contributed by atoms with Gasteiger partial charge in [-0.3, -0.25) is 4.79 Å². The summed E-state index contributed by atoms with van der Waals surface area (Å²) in [6, 6.07) is 11.7. The van der Waals surface area contributed by atoms with Gasteiger partial charge in [0, 0.05) is 25.2 Å². The molecule has 1 heterocycles. The van der Waals surface area contributed by atoms with E-state index in [1.54, 1.807) is 0 Å². The third kappa shape index (κ3) is 5.43. The van der Waals surface area contributed by atoms with Gasteiger partial charge in [0.15, 0.2) is 0 Å². The fraction of sp³-hybridized carbons (Fsp3) is 0.500. The molecule has 0 saturated carbocycles. The summed E-state index contributed by atoms with van der Waals surface area (Å²) in [7, 11) is 0. The normalized spacial score (nSPS) is 15.1. The third-order valence-electron chi connectivity index (χ3n) is 5.35. The maximum Gasteiger partial charge on any atom is 0.317 e. The predicted molar refractivity (Wildman–Crippen MR) is 120 cm³/mol. The number of nitrogens with zero attached hydrogens (tertiary/aromatic N) is 1. The van der Waals surface area contributed by atoms with E-state index in [1.165, 1.54) is 0 Å². The van der Waals surface area contributed by atoms with Crippen molar-refractivity contribution in [2.45, 2.75) is 46.1 Å². The number of urea groups is 1. The van der Waals surface area contributed by atoms with Crippen molar-refractivity contribution in [2.75, 3.05) is 26.2 Å². The van der Waals surface area contributed by atoms with Gasteiger partial charge in [-0.2, -0.15) is 0 Å². The minimum atomic E-state index is -0.237. The highest BCUT2D eigenvalue weighted by Gasteiger charge is 2.26. The van der Waals surface area contributed by atoms with Crippen LogP contribution in [0.4, 0.5) is 4.79 Å². The molecule has 3 rings (SSSR count). The van der Waals surface area contributed by atoms with Crippen molar-refractivity contribution < 1.29 is 14.3 Å². The molecular weight excluding hydrogens is 378 g/mol. The van der Waals surface area contributed by atoms with Crippen LogP contribution in [0.3, 0.4) is 0 Å². The van der Waals surface area contributed by atoms with Crippen LogP contribution in [0.5, 0.6) is 5.75 Å². The van der Waals surface area contributed by atoms with Crippen LogP contribution >= 0.6 is 0 Å². The summed E-state index contributed by atoms with van der Waals surface area (Å²) in [5.74, 6) is 0.865. The van der Waals surface area contributed by atoms with E-state index < -0.39 is 0 Å². The molecule has 1 aliphatic rings. The van der Waals surface area contributed by atoms with Crippen molar-refractivity contribution in [3.8, 4) is 5.75 Å². The lowest BCUT2D eigenvalue weighted by molar-refractivity contribution is 0.0935. The van der Waals surface area contributed by atoms with Crippen molar-refractivity contribution in [1.82, 2.24) is 15.5 Å². The molecule has 1 saturated heterocycles. The minimum Gasteiger partial charge on any atom is -0.493 e. The zero-order valence-corrected chi connectivity index (χ0v) is 18.5. The highest BCUT2D eigenvalue weighted by Crippen LogP contribution is 2.28. The molecule has 0 spiro atoms. The van der Waals surface area contributed by atoms with E-state index in [9.17, 15) is 9.59 Å². The first kappa shape index (κ1) is 21.9. The molecule has 0 atom stereocenters. The summed E-state index contributed by atoms with van der Waals surface area (Å²) in [6.07, 6.45) is 1.76. The van der Waals surface area contributed by atoms with Crippen LogP contribution in [0.2, 0.25) is 0 Å². The monoisotopic (exact) mass is 411 g/mol. The van der Waals surface area contributed by atoms with Gasteiger partial charge in [-0.05, 0) is 63.3 Å². The molecule has 30 heavy (non-hydrogen) atoms. The quantitative estimate of drug-likeness (QED) is 0.775. The molecule has 0 aliphatic carbocycles. The molecule has 0 bridgehead atoms. The predicted octanol–water partition coefficient (Wildman–Crippen LogP) is 4.19. The number of hydrogen-bond acceptors (Lipinski definition) is 3. The van der Waals surface area contributed by atoms with Crippen molar-refractivity contribution in [3.05, 3.63) is 42.0 Å². The van der Waals surface area contributed by atoms with Crippen LogP contribution in [0, 0.1) is 5.92 Å². The van der Waals surface area contributed by atoms with Gasteiger partial charge in [0.05, 0.1) is 12.2 Å². The first-order chi connectivity index (χ1) is 14.3. The average molecular weight is 412 g/mol. The number of ether oxygens (including phenoxy) is 1. The van der Waals surface area contributed by atoms with Crippen LogP contribution in [0.25, 0.3) is 10.8 Å². The van der Waals surface area contributed by atoms with Crippen LogP contribution in [0.1, 0.15) is 50.9 Å². The van der Waals surface area contributed by atoms with Crippen molar-refractivity contribution in [1.29, 1.82) is 0 Å². The summed E-state index contributed by atoms with van der Waals surface area (Å²) in [4.78, 5) is 27.2. The zero-order chi connectivity index (χ0) is 21.7. The molecular formula is C24H33N3O3. The first-order valence-corrected chi connectivity index (χ1v) is 10.8. The largest absolute Gasteiger partial charge is 0.493 e. The highest BCUT2D eigenvalue weighted by molar-refractivity contribution is 6.09. The van der Waals surface area contributed by atoms with Crippen LogP contribution in [-0.4, -0.2) is 48.6 Å². The lowest BCUT2D eigenvalue weighted by Gasteiger charge is -2.34. The molecule has 0 unspecified atom stereocenters. The molecule has 1 aliphatic heterocycles. The smallest absolute Gasteiger partial charge is 0.317 e. The number of rotatable bonds is 5. The Bertz CT molecular complexity index is 896. The Kier molecular flexibility index (Phi) is 6.85. The number of nitrogens with one attached hydrogen (secondary N) is 2. The van der Waals surface area contributed by atoms with E-state index in [0.717, 1.165) is 23.6 Å². The molecule has 0 aromatic heterocycles. The summed E-state index contributed by atoms with van der Waals surface area (Å²) >= 11 is 0. The number of hydrogen-bond donors (Lipinski definition) is 2. The molecule has 1 fully saturated rings. The zero-order valence-electron chi connectivity index (χ0n) is 18.5. The van der Waals surface area contributed by atoms with Gasteiger partial charge in [-0.1, -0.05) is 30.3 Å². The van der Waals surface area contributed by atoms with Gasteiger partial charge in [-0.25, -0.2) is 4.79 Å². The molecule has 3 amide bonds. The van der Waals surface area contributed by atoms with Gasteiger partial charge in [0.25, 0.3) is 5.91 Å². The summed E-state index contributed by atoms with van der Waals surface area (Å²) in [5.41, 5.74) is 0.357. The summed E-state index contributed by atoms with van der Waals surface area (Å²) in [6.45, 7) is 10.4. The van der Waals surface area contributed by atoms with E-state index in [1.807, 2.05) is 69.0 Å². The molecule has 0 radical (unpaired) electrons. The average Bonchev–Trinajstić information content (AvgIpc) is 2.71. The van der Waals surface area contributed by atoms with E-state index in [2.05, 4.69) is 10.6 Å². The summed E-state index contributed by atoms with van der Waals surface area (Å²) < 4.78 is 5.73. The number of piperidine rings is 1. The van der Waals surface area contributed by atoms with Gasteiger partial charge >= 0.3 is 6.03 Å². The third-order valence-corrected chi connectivity index (χ3v) is 5.35. The molecule has 2 N–H and O–H groups in total. The van der Waals surface area contributed by atoms with Gasteiger partial charge < -0.3 is 20.3 Å². The van der Waals surface area contributed by atoms with Crippen LogP contribution in [-0.2, 0) is 0 Å². The summed E-state index contributed by atoms with van der Waals surface area (Å²) in [5, 5.41) is 8.03. The van der Waals surface area contributed by atoms with E-state index >= 15 is 0 Å². The Balaban J connectivity index is 1.61. The lowest BCUT2D eigenvalue weighted by Crippen LogP contribution is -2.51. The maximum absolute atomic E-state index is 13.1. The Morgan fingerprint density at radius 1 is 1.10 bits per heavy atom. The molecule has 6 heteroatoms. The maximum atomic E-state index is 13.1. The lowest BCUT2D eigenvalue weighted by atomic mass is 9.96. The fourth-order valence-electron chi connectivity index (χ4n) is 3.83. The minimum absolute atomic E-state index is 0.0119. The Hall–Kier alpha value is -2.76. The second kappa shape index (κ2) is 9.37. The Morgan fingerprint density at radius 3 is 2.47 bits per heavy atom. The van der Waals surface area contributed by atoms with Crippen LogP contribution < -0.4 is 15.4 Å². The highest BCUT2D eigenvalue weighted by atomic mass is 16.5. The standard InChI is InChI=1S/C24H33N3O3/c1-5-30-20-11-10-18-8-6-7-9-19(18)21(20)22(28)25-16-17-12-14-27(15-13-17)23(29)26-24(2,3)4/h6-11,17H,5,12-16H2,1-4H3,(H,25,28)(H,26,29). The van der Waals surface area contributed by atoms with Crippen LogP contribution in [0.15, 0.2) is 36.4 Å². The Morgan fingerprint density at radius 2 is 1.80 bits per heavy atom. The molecule has 162 valence electrons. The van der Waals surface area contributed by atoms with E-state index in [-0.39, 0.29) is 17.5 Å². The second-order valence-corrected chi connectivity index (χ2v) is 8.91. The van der Waals surface area contributed by atoms with E-state index in [4.69, 9.17) is 4.74 Å². The second-order valence-electron chi connectivity index (χ2n) is 8.91. The van der Waals surface area contributed by atoms with Crippen molar-refractivity contribution in [2.24, 2.45) is 5.92 Å². The number of amides is 3. The number of benzene rings is 2. The molecule has 2 aromatic rings. The number of fused-ring (bicyclic) bond motifs is 1. The Labute approximate surface area is 179 Å². The number of likely N-dealkylation sites (tertiary alicyclic amines) is 1. The fourth-order valence-corrected chi connectivity index (χ4v) is 3.83. The molecule has 6 nitrogen and oxygen atoms in total.